The predicted octanol–water partition coefficient (Wildman–Crippen LogP) is 1.54. The standard InChI is InChI=1S/C11H17NO/c1-8-9(7-13)5-6-11(2,3)10(8)12-4/h5-7,9-10,12H,1H2,2-4H3. The minimum atomic E-state index is -0.120. The van der Waals surface area contributed by atoms with Crippen LogP contribution in [-0.2, 0) is 4.79 Å². The van der Waals surface area contributed by atoms with E-state index in [-0.39, 0.29) is 17.4 Å². The Morgan fingerprint density at radius 3 is 2.69 bits per heavy atom. The number of hydrogen-bond acceptors (Lipinski definition) is 2. The molecule has 13 heavy (non-hydrogen) atoms. The van der Waals surface area contributed by atoms with E-state index in [0.717, 1.165) is 11.9 Å². The maximum atomic E-state index is 10.7. The van der Waals surface area contributed by atoms with Crippen molar-refractivity contribution in [2.45, 2.75) is 19.9 Å². The second-order valence-corrected chi connectivity index (χ2v) is 4.14. The second kappa shape index (κ2) is 3.46. The Morgan fingerprint density at radius 2 is 2.23 bits per heavy atom. The van der Waals surface area contributed by atoms with Gasteiger partial charge in [0.15, 0.2) is 0 Å². The number of likely N-dealkylation sites (N-methyl/N-ethyl adjacent to an activating group) is 1. The third-order valence-electron chi connectivity index (χ3n) is 2.71. The van der Waals surface area contributed by atoms with Crippen molar-refractivity contribution in [3.05, 3.63) is 24.3 Å². The molecule has 0 amide bonds. The van der Waals surface area contributed by atoms with Crippen molar-refractivity contribution in [1.29, 1.82) is 0 Å². The van der Waals surface area contributed by atoms with E-state index in [4.69, 9.17) is 0 Å². The first-order valence-electron chi connectivity index (χ1n) is 4.53. The number of carbonyl (C=O) groups excluding carboxylic acids is 1. The number of allylic oxidation sites excluding steroid dienone is 1. The van der Waals surface area contributed by atoms with Gasteiger partial charge in [0.05, 0.1) is 5.92 Å². The van der Waals surface area contributed by atoms with Gasteiger partial charge in [-0.25, -0.2) is 0 Å². The molecule has 0 bridgehead atoms. The van der Waals surface area contributed by atoms with E-state index in [1.807, 2.05) is 13.1 Å². The summed E-state index contributed by atoms with van der Waals surface area (Å²) in [6.07, 6.45) is 4.96. The molecule has 0 radical (unpaired) electrons. The normalized spacial score (nSPS) is 31.8. The Bertz CT molecular complexity index is 253. The van der Waals surface area contributed by atoms with Crippen molar-refractivity contribution in [3.63, 3.8) is 0 Å². The van der Waals surface area contributed by atoms with Crippen molar-refractivity contribution >= 4 is 6.29 Å². The van der Waals surface area contributed by atoms with Crippen LogP contribution in [0.4, 0.5) is 0 Å². The molecule has 2 nitrogen and oxygen atoms in total. The van der Waals surface area contributed by atoms with Crippen molar-refractivity contribution in [2.75, 3.05) is 7.05 Å². The number of carbonyl (C=O) groups is 1. The number of aldehydes is 1. The average Bonchev–Trinajstić information content (AvgIpc) is 2.04. The van der Waals surface area contributed by atoms with Crippen molar-refractivity contribution in [1.82, 2.24) is 5.32 Å². The fourth-order valence-electron chi connectivity index (χ4n) is 1.93. The lowest BCUT2D eigenvalue weighted by Crippen LogP contribution is -2.44. The summed E-state index contributed by atoms with van der Waals surface area (Å²) < 4.78 is 0. The van der Waals surface area contributed by atoms with Gasteiger partial charge in [-0.05, 0) is 12.6 Å². The molecular formula is C11H17NO. The molecule has 2 heteroatoms. The van der Waals surface area contributed by atoms with Gasteiger partial charge in [0.1, 0.15) is 6.29 Å². The maximum Gasteiger partial charge on any atom is 0.130 e. The zero-order valence-corrected chi connectivity index (χ0v) is 8.50. The third kappa shape index (κ3) is 1.73. The Kier molecular flexibility index (Phi) is 2.71. The molecule has 1 N–H and O–H groups in total. The molecule has 0 aromatic heterocycles. The van der Waals surface area contributed by atoms with E-state index >= 15 is 0 Å². The Balaban J connectivity index is 3.00. The first kappa shape index (κ1) is 10.2. The molecule has 0 aromatic rings. The number of hydrogen-bond donors (Lipinski definition) is 1. The SMILES string of the molecule is C=C1C(C=O)C=CC(C)(C)C1NC. The van der Waals surface area contributed by atoms with Crippen LogP contribution in [-0.4, -0.2) is 19.4 Å². The minimum Gasteiger partial charge on any atom is -0.313 e. The Morgan fingerprint density at radius 1 is 1.62 bits per heavy atom. The van der Waals surface area contributed by atoms with Gasteiger partial charge in [-0.15, -0.1) is 0 Å². The molecule has 1 aliphatic carbocycles. The van der Waals surface area contributed by atoms with Gasteiger partial charge in [-0.1, -0.05) is 32.6 Å². The van der Waals surface area contributed by atoms with Gasteiger partial charge >= 0.3 is 0 Å². The highest BCUT2D eigenvalue weighted by Gasteiger charge is 2.34. The van der Waals surface area contributed by atoms with Crippen LogP contribution >= 0.6 is 0 Å². The molecule has 0 fully saturated rings. The summed E-state index contributed by atoms with van der Waals surface area (Å²) in [6.45, 7) is 8.24. The molecular weight excluding hydrogens is 162 g/mol. The lowest BCUT2D eigenvalue weighted by molar-refractivity contribution is -0.109. The molecule has 0 aliphatic heterocycles. The number of rotatable bonds is 2. The molecule has 0 heterocycles. The lowest BCUT2D eigenvalue weighted by Gasteiger charge is -2.38. The summed E-state index contributed by atoms with van der Waals surface area (Å²) in [5, 5.41) is 3.20. The van der Waals surface area contributed by atoms with Gasteiger partial charge in [-0.3, -0.25) is 0 Å². The van der Waals surface area contributed by atoms with Crippen molar-refractivity contribution in [2.24, 2.45) is 11.3 Å². The topological polar surface area (TPSA) is 29.1 Å². The molecule has 0 saturated heterocycles. The van der Waals surface area contributed by atoms with Crippen LogP contribution in [0.25, 0.3) is 0 Å². The maximum absolute atomic E-state index is 10.7. The van der Waals surface area contributed by atoms with Gasteiger partial charge in [0, 0.05) is 11.5 Å². The summed E-state index contributed by atoms with van der Waals surface area (Å²) in [7, 11) is 1.90. The largest absolute Gasteiger partial charge is 0.313 e. The highest BCUT2D eigenvalue weighted by Crippen LogP contribution is 2.34. The van der Waals surface area contributed by atoms with Crippen molar-refractivity contribution in [3.8, 4) is 0 Å². The van der Waals surface area contributed by atoms with Gasteiger partial charge in [-0.2, -0.15) is 0 Å². The van der Waals surface area contributed by atoms with Crippen LogP contribution in [0.1, 0.15) is 13.8 Å². The zero-order valence-electron chi connectivity index (χ0n) is 8.50. The fraction of sp³-hybridized carbons (Fsp3) is 0.545. The molecule has 2 unspecified atom stereocenters. The quantitative estimate of drug-likeness (QED) is 0.514. The molecule has 1 rings (SSSR count). The van der Waals surface area contributed by atoms with E-state index in [0.29, 0.717) is 0 Å². The van der Waals surface area contributed by atoms with E-state index in [9.17, 15) is 4.79 Å². The Hall–Kier alpha value is -0.890. The van der Waals surface area contributed by atoms with Crippen LogP contribution in [0.15, 0.2) is 24.3 Å². The van der Waals surface area contributed by atoms with Gasteiger partial charge in [0.2, 0.25) is 0 Å². The average molecular weight is 179 g/mol. The molecule has 72 valence electrons. The monoisotopic (exact) mass is 179 g/mol. The van der Waals surface area contributed by atoms with E-state index in [1.165, 1.54) is 0 Å². The van der Waals surface area contributed by atoms with Crippen LogP contribution in [0, 0.1) is 11.3 Å². The highest BCUT2D eigenvalue weighted by molar-refractivity contribution is 5.63. The molecule has 0 spiro atoms. The third-order valence-corrected chi connectivity index (χ3v) is 2.71. The summed E-state index contributed by atoms with van der Waals surface area (Å²) in [4.78, 5) is 10.7. The predicted molar refractivity (Wildman–Crippen MR) is 54.5 cm³/mol. The summed E-state index contributed by atoms with van der Waals surface area (Å²) in [5.74, 6) is -0.120. The summed E-state index contributed by atoms with van der Waals surface area (Å²) in [6, 6.07) is 0.188. The van der Waals surface area contributed by atoms with E-state index in [1.54, 1.807) is 0 Å². The highest BCUT2D eigenvalue weighted by atomic mass is 16.1. The minimum absolute atomic E-state index is 0.0470. The first-order valence-corrected chi connectivity index (χ1v) is 4.53. The molecule has 0 aromatic carbocycles. The first-order chi connectivity index (χ1) is 6.03. The van der Waals surface area contributed by atoms with Crippen LogP contribution in [0.2, 0.25) is 0 Å². The Labute approximate surface area is 79.7 Å². The van der Waals surface area contributed by atoms with Gasteiger partial charge in [0.25, 0.3) is 0 Å². The fourth-order valence-corrected chi connectivity index (χ4v) is 1.93. The summed E-state index contributed by atoms with van der Waals surface area (Å²) in [5.41, 5.74) is 1.01. The smallest absolute Gasteiger partial charge is 0.130 e. The second-order valence-electron chi connectivity index (χ2n) is 4.14. The van der Waals surface area contributed by atoms with Gasteiger partial charge < -0.3 is 10.1 Å². The molecule has 0 saturated carbocycles. The van der Waals surface area contributed by atoms with Crippen LogP contribution in [0.3, 0.4) is 0 Å². The lowest BCUT2D eigenvalue weighted by atomic mass is 9.72. The van der Waals surface area contributed by atoms with E-state index in [2.05, 4.69) is 31.8 Å². The van der Waals surface area contributed by atoms with Crippen molar-refractivity contribution < 1.29 is 4.79 Å². The number of nitrogens with one attached hydrogen (secondary N) is 1. The zero-order chi connectivity index (χ0) is 10.1. The molecule has 2 atom stereocenters. The summed E-state index contributed by atoms with van der Waals surface area (Å²) >= 11 is 0. The van der Waals surface area contributed by atoms with E-state index < -0.39 is 0 Å². The molecule has 1 aliphatic rings. The van der Waals surface area contributed by atoms with Crippen LogP contribution in [0.5, 0.6) is 0 Å². The van der Waals surface area contributed by atoms with Crippen LogP contribution < -0.4 is 5.32 Å².